The van der Waals surface area contributed by atoms with Crippen molar-refractivity contribution in [3.63, 3.8) is 0 Å². The van der Waals surface area contributed by atoms with Crippen molar-refractivity contribution in [3.8, 4) is 0 Å². The summed E-state index contributed by atoms with van der Waals surface area (Å²) >= 11 is 0. The number of hydrogen-bond acceptors (Lipinski definition) is 0. The summed E-state index contributed by atoms with van der Waals surface area (Å²) in [6.07, 6.45) is 3.94. The maximum absolute atomic E-state index is 2.50. The van der Waals surface area contributed by atoms with Crippen LogP contribution in [0.3, 0.4) is 0 Å². The quantitative estimate of drug-likeness (QED) is 0.637. The van der Waals surface area contributed by atoms with Crippen LogP contribution in [0.25, 0.3) is 10.9 Å². The smallest absolute Gasteiger partial charge is 0.137 e. The van der Waals surface area contributed by atoms with Gasteiger partial charge in [0.15, 0.2) is 0 Å². The number of rotatable bonds is 0. The molecule has 2 aliphatic rings. The molecule has 1 saturated heterocycles. The zero-order valence-corrected chi connectivity index (χ0v) is 12.2. The molecule has 0 spiro atoms. The molecule has 19 heavy (non-hydrogen) atoms. The Morgan fingerprint density at radius 2 is 2.00 bits per heavy atom. The Morgan fingerprint density at radius 3 is 2.84 bits per heavy atom. The third-order valence-electron chi connectivity index (χ3n) is 6.08. The van der Waals surface area contributed by atoms with E-state index in [-0.39, 0.29) is 0 Å². The molecule has 100 valence electrons. The highest BCUT2D eigenvalue weighted by Gasteiger charge is 2.54. The zero-order chi connectivity index (χ0) is 13.3. The van der Waals surface area contributed by atoms with Crippen LogP contribution in [-0.2, 0) is 19.0 Å². The Labute approximate surface area is 115 Å². The molecule has 2 heteroatoms. The number of benzene rings is 1. The molecule has 0 saturated carbocycles. The highest BCUT2D eigenvalue weighted by molar-refractivity contribution is 5.86. The number of likely N-dealkylation sites (N-methyl/N-ethyl adjacent to an activating group) is 1. The van der Waals surface area contributed by atoms with Gasteiger partial charge in [0, 0.05) is 37.2 Å². The predicted octanol–water partition coefficient (Wildman–Crippen LogP) is 3.19. The molecular formula is C17H23N2+. The van der Waals surface area contributed by atoms with Crippen LogP contribution in [0.1, 0.15) is 31.0 Å². The molecule has 2 aromatic rings. The van der Waals surface area contributed by atoms with Gasteiger partial charge in [0.05, 0.1) is 25.8 Å². The summed E-state index contributed by atoms with van der Waals surface area (Å²) in [4.78, 5) is 0. The topological polar surface area (TPSA) is 4.93 Å². The first-order valence-corrected chi connectivity index (χ1v) is 7.48. The summed E-state index contributed by atoms with van der Waals surface area (Å²) in [6, 6.07) is 8.93. The second kappa shape index (κ2) is 3.43. The van der Waals surface area contributed by atoms with Gasteiger partial charge < -0.3 is 9.05 Å². The molecular weight excluding hydrogens is 232 g/mol. The fourth-order valence-electron chi connectivity index (χ4n) is 4.79. The van der Waals surface area contributed by atoms with Gasteiger partial charge in [0.25, 0.3) is 0 Å². The first kappa shape index (κ1) is 11.5. The Bertz CT molecular complexity index is 669. The van der Waals surface area contributed by atoms with E-state index >= 15 is 0 Å². The Kier molecular flexibility index (Phi) is 2.08. The number of hydrogen-bond donors (Lipinski definition) is 0. The normalized spacial score (nSPS) is 33.4. The average molecular weight is 255 g/mol. The first-order chi connectivity index (χ1) is 9.07. The van der Waals surface area contributed by atoms with Crippen molar-refractivity contribution in [2.45, 2.75) is 31.7 Å². The van der Waals surface area contributed by atoms with Gasteiger partial charge >= 0.3 is 0 Å². The van der Waals surface area contributed by atoms with E-state index in [0.29, 0.717) is 5.54 Å². The lowest BCUT2D eigenvalue weighted by atomic mass is 9.84. The molecule has 1 fully saturated rings. The standard InChI is InChI=1S/C17H23N2/c1-17-10-6-11-19(17,3)12-9-14-13-7-4-5-8-15(13)18(2)16(14)17/h4-5,7-8H,6,9-12H2,1-3H3/q+1. The maximum atomic E-state index is 2.50. The molecule has 0 amide bonds. The number of aryl methyl sites for hydroxylation is 1. The molecule has 0 radical (unpaired) electrons. The van der Waals surface area contributed by atoms with Crippen LogP contribution in [0.15, 0.2) is 24.3 Å². The summed E-state index contributed by atoms with van der Waals surface area (Å²) in [6.45, 7) is 5.14. The van der Waals surface area contributed by atoms with E-state index in [1.807, 2.05) is 0 Å². The van der Waals surface area contributed by atoms with Crippen molar-refractivity contribution in [1.29, 1.82) is 0 Å². The summed E-state index contributed by atoms with van der Waals surface area (Å²) < 4.78 is 3.72. The van der Waals surface area contributed by atoms with Crippen molar-refractivity contribution in [1.82, 2.24) is 4.57 Å². The van der Waals surface area contributed by atoms with Crippen molar-refractivity contribution in [2.75, 3.05) is 20.1 Å². The molecule has 2 nitrogen and oxygen atoms in total. The lowest BCUT2D eigenvalue weighted by Gasteiger charge is -2.48. The third kappa shape index (κ3) is 1.21. The summed E-state index contributed by atoms with van der Waals surface area (Å²) in [5.41, 5.74) is 4.97. The number of quaternary nitrogens is 1. The molecule has 0 bridgehead atoms. The lowest BCUT2D eigenvalue weighted by molar-refractivity contribution is -0.954. The largest absolute Gasteiger partial charge is 0.342 e. The van der Waals surface area contributed by atoms with Crippen LogP contribution in [0.4, 0.5) is 0 Å². The predicted molar refractivity (Wildman–Crippen MR) is 79.1 cm³/mol. The summed E-state index contributed by atoms with van der Waals surface area (Å²) in [5, 5.41) is 1.49. The fraction of sp³-hybridized carbons (Fsp3) is 0.529. The van der Waals surface area contributed by atoms with Gasteiger partial charge in [0.2, 0.25) is 0 Å². The van der Waals surface area contributed by atoms with E-state index in [1.54, 1.807) is 11.3 Å². The highest BCUT2D eigenvalue weighted by Crippen LogP contribution is 2.50. The van der Waals surface area contributed by atoms with E-state index in [2.05, 4.69) is 49.9 Å². The van der Waals surface area contributed by atoms with Gasteiger partial charge in [-0.15, -0.1) is 0 Å². The van der Waals surface area contributed by atoms with E-state index < -0.39 is 0 Å². The minimum Gasteiger partial charge on any atom is -0.342 e. The monoisotopic (exact) mass is 255 g/mol. The molecule has 2 aliphatic heterocycles. The van der Waals surface area contributed by atoms with Crippen molar-refractivity contribution >= 4 is 10.9 Å². The molecule has 1 aromatic carbocycles. The highest BCUT2D eigenvalue weighted by atomic mass is 15.4. The van der Waals surface area contributed by atoms with E-state index in [0.717, 1.165) is 0 Å². The second-order valence-corrected chi connectivity index (χ2v) is 6.87. The van der Waals surface area contributed by atoms with Crippen LogP contribution in [0.5, 0.6) is 0 Å². The Morgan fingerprint density at radius 1 is 1.21 bits per heavy atom. The zero-order valence-electron chi connectivity index (χ0n) is 12.2. The van der Waals surface area contributed by atoms with E-state index in [9.17, 15) is 0 Å². The van der Waals surface area contributed by atoms with Gasteiger partial charge in [0.1, 0.15) is 5.54 Å². The molecule has 2 atom stereocenters. The van der Waals surface area contributed by atoms with Gasteiger partial charge in [-0.2, -0.15) is 0 Å². The Balaban J connectivity index is 2.09. The van der Waals surface area contributed by atoms with Crippen LogP contribution < -0.4 is 0 Å². The molecule has 1 aromatic heterocycles. The fourth-order valence-corrected chi connectivity index (χ4v) is 4.79. The Hall–Kier alpha value is -1.28. The maximum Gasteiger partial charge on any atom is 0.137 e. The van der Waals surface area contributed by atoms with Crippen molar-refractivity contribution in [3.05, 3.63) is 35.5 Å². The summed E-state index contributed by atoms with van der Waals surface area (Å²) in [7, 11) is 4.73. The molecule has 3 heterocycles. The van der Waals surface area contributed by atoms with Gasteiger partial charge in [-0.3, -0.25) is 0 Å². The number of aromatic nitrogens is 1. The SMILES string of the molecule is Cn1c2c(c3ccccc31)CC[N+]1(C)CCCC21C. The molecule has 2 unspecified atom stereocenters. The number of fused-ring (bicyclic) bond motifs is 5. The molecule has 4 rings (SSSR count). The van der Waals surface area contributed by atoms with Crippen LogP contribution in [0, 0.1) is 0 Å². The first-order valence-electron chi connectivity index (χ1n) is 7.48. The van der Waals surface area contributed by atoms with Crippen LogP contribution in [-0.4, -0.2) is 29.2 Å². The van der Waals surface area contributed by atoms with Gasteiger partial charge in [-0.05, 0) is 18.6 Å². The van der Waals surface area contributed by atoms with Crippen LogP contribution >= 0.6 is 0 Å². The van der Waals surface area contributed by atoms with Crippen LogP contribution in [0.2, 0.25) is 0 Å². The van der Waals surface area contributed by atoms with Gasteiger partial charge in [-0.1, -0.05) is 18.2 Å². The minimum atomic E-state index is 0.321. The third-order valence-corrected chi connectivity index (χ3v) is 6.08. The lowest BCUT2D eigenvalue weighted by Crippen LogP contribution is -2.58. The van der Waals surface area contributed by atoms with E-state index in [4.69, 9.17) is 0 Å². The van der Waals surface area contributed by atoms with Gasteiger partial charge in [-0.25, -0.2) is 0 Å². The number of nitrogens with zero attached hydrogens (tertiary/aromatic N) is 2. The molecule has 0 N–H and O–H groups in total. The number of para-hydroxylation sites is 1. The second-order valence-electron chi connectivity index (χ2n) is 6.87. The van der Waals surface area contributed by atoms with Crippen molar-refractivity contribution in [2.24, 2.45) is 7.05 Å². The van der Waals surface area contributed by atoms with Crippen molar-refractivity contribution < 1.29 is 4.48 Å². The van der Waals surface area contributed by atoms with E-state index in [1.165, 1.54) is 47.7 Å². The molecule has 0 aliphatic carbocycles. The summed E-state index contributed by atoms with van der Waals surface area (Å²) in [5.74, 6) is 0. The average Bonchev–Trinajstić information content (AvgIpc) is 2.87. The minimum absolute atomic E-state index is 0.321.